The maximum atomic E-state index is 4.56. The van der Waals surface area contributed by atoms with E-state index >= 15 is 0 Å². The van der Waals surface area contributed by atoms with E-state index in [-0.39, 0.29) is 0 Å². The van der Waals surface area contributed by atoms with Crippen LogP contribution in [0.25, 0.3) is 0 Å². The highest BCUT2D eigenvalue weighted by atomic mass is 32.1. The molecular formula is C16H25N3S. The first-order chi connectivity index (χ1) is 9.63. The Morgan fingerprint density at radius 3 is 2.75 bits per heavy atom. The first kappa shape index (κ1) is 15.3. The van der Waals surface area contributed by atoms with E-state index < -0.39 is 0 Å². The fraction of sp³-hybridized carbons (Fsp3) is 0.562. The number of hydrogen-bond donors (Lipinski definition) is 1. The lowest BCUT2D eigenvalue weighted by Gasteiger charge is -2.19. The Hall–Kier alpha value is -1.13. The molecule has 0 saturated heterocycles. The third-order valence-corrected chi connectivity index (χ3v) is 4.59. The Balaban J connectivity index is 2.13. The Bertz CT molecular complexity index is 528. The van der Waals surface area contributed by atoms with Crippen molar-refractivity contribution in [2.75, 3.05) is 6.54 Å². The highest BCUT2D eigenvalue weighted by Gasteiger charge is 2.19. The summed E-state index contributed by atoms with van der Waals surface area (Å²) in [5.41, 5.74) is 5.26. The Labute approximate surface area is 126 Å². The molecule has 0 aliphatic rings. The minimum Gasteiger partial charge on any atom is -0.310 e. The molecule has 0 radical (unpaired) electrons. The predicted octanol–water partition coefficient (Wildman–Crippen LogP) is 3.77. The summed E-state index contributed by atoms with van der Waals surface area (Å²) in [6, 6.07) is 2.63. The summed E-state index contributed by atoms with van der Waals surface area (Å²) in [6.07, 6.45) is 3.41. The SMILES string of the molecule is CCCNC(CCc1ccsc1)c1c(C)nn(C)c1C. The zero-order chi connectivity index (χ0) is 14.5. The van der Waals surface area contributed by atoms with Crippen molar-refractivity contribution in [2.24, 2.45) is 7.05 Å². The topological polar surface area (TPSA) is 29.9 Å². The molecule has 2 heterocycles. The molecule has 3 nitrogen and oxygen atoms in total. The molecule has 1 atom stereocenters. The van der Waals surface area contributed by atoms with Gasteiger partial charge in [0, 0.05) is 24.3 Å². The molecule has 0 amide bonds. The number of rotatable bonds is 7. The second-order valence-corrected chi connectivity index (χ2v) is 6.17. The Morgan fingerprint density at radius 2 is 2.20 bits per heavy atom. The lowest BCUT2D eigenvalue weighted by atomic mass is 9.98. The fourth-order valence-electron chi connectivity index (χ4n) is 2.71. The number of thiophene rings is 1. The van der Waals surface area contributed by atoms with Gasteiger partial charge in [-0.05, 0) is 62.0 Å². The van der Waals surface area contributed by atoms with Gasteiger partial charge < -0.3 is 5.32 Å². The number of nitrogens with one attached hydrogen (secondary N) is 1. The van der Waals surface area contributed by atoms with E-state index in [0.29, 0.717) is 6.04 Å². The average Bonchev–Trinajstić information content (AvgIpc) is 3.01. The molecule has 2 rings (SSSR count). The van der Waals surface area contributed by atoms with Crippen LogP contribution in [0, 0.1) is 13.8 Å². The second kappa shape index (κ2) is 7.04. The van der Waals surface area contributed by atoms with Gasteiger partial charge in [0.15, 0.2) is 0 Å². The quantitative estimate of drug-likeness (QED) is 0.841. The summed E-state index contributed by atoms with van der Waals surface area (Å²) in [7, 11) is 2.03. The molecule has 0 aliphatic heterocycles. The van der Waals surface area contributed by atoms with Gasteiger partial charge in [0.25, 0.3) is 0 Å². The van der Waals surface area contributed by atoms with Gasteiger partial charge in [-0.2, -0.15) is 16.4 Å². The minimum atomic E-state index is 0.406. The van der Waals surface area contributed by atoms with Crippen molar-refractivity contribution < 1.29 is 0 Å². The Kier molecular flexibility index (Phi) is 5.38. The molecule has 0 saturated carbocycles. The van der Waals surface area contributed by atoms with Crippen molar-refractivity contribution in [3.63, 3.8) is 0 Å². The lowest BCUT2D eigenvalue weighted by molar-refractivity contribution is 0.495. The van der Waals surface area contributed by atoms with Gasteiger partial charge in [0.2, 0.25) is 0 Å². The number of aryl methyl sites for hydroxylation is 3. The van der Waals surface area contributed by atoms with E-state index in [1.54, 1.807) is 11.3 Å². The minimum absolute atomic E-state index is 0.406. The number of nitrogens with zero attached hydrogens (tertiary/aromatic N) is 2. The molecular weight excluding hydrogens is 266 g/mol. The number of hydrogen-bond acceptors (Lipinski definition) is 3. The third-order valence-electron chi connectivity index (χ3n) is 3.86. The molecule has 20 heavy (non-hydrogen) atoms. The Morgan fingerprint density at radius 1 is 1.40 bits per heavy atom. The molecule has 0 fully saturated rings. The van der Waals surface area contributed by atoms with Crippen molar-refractivity contribution in [3.05, 3.63) is 39.3 Å². The highest BCUT2D eigenvalue weighted by molar-refractivity contribution is 7.07. The summed E-state index contributed by atoms with van der Waals surface area (Å²) in [5, 5.41) is 12.7. The maximum absolute atomic E-state index is 4.56. The summed E-state index contributed by atoms with van der Waals surface area (Å²) < 4.78 is 2.00. The molecule has 0 aromatic carbocycles. The van der Waals surface area contributed by atoms with Crippen molar-refractivity contribution in [1.82, 2.24) is 15.1 Å². The van der Waals surface area contributed by atoms with Gasteiger partial charge in [0.1, 0.15) is 0 Å². The van der Waals surface area contributed by atoms with Crippen LogP contribution in [0.15, 0.2) is 16.8 Å². The molecule has 4 heteroatoms. The molecule has 2 aromatic heterocycles. The lowest BCUT2D eigenvalue weighted by Crippen LogP contribution is -2.23. The molecule has 1 unspecified atom stereocenters. The van der Waals surface area contributed by atoms with Gasteiger partial charge in [-0.15, -0.1) is 0 Å². The third kappa shape index (κ3) is 3.49. The van der Waals surface area contributed by atoms with Crippen LogP contribution in [0.5, 0.6) is 0 Å². The smallest absolute Gasteiger partial charge is 0.0644 e. The van der Waals surface area contributed by atoms with E-state index in [4.69, 9.17) is 0 Å². The zero-order valence-corrected chi connectivity index (χ0v) is 13.8. The molecule has 110 valence electrons. The van der Waals surface area contributed by atoms with Gasteiger partial charge in [-0.1, -0.05) is 6.92 Å². The van der Waals surface area contributed by atoms with E-state index in [9.17, 15) is 0 Å². The van der Waals surface area contributed by atoms with Gasteiger partial charge in [-0.3, -0.25) is 4.68 Å². The van der Waals surface area contributed by atoms with Crippen LogP contribution in [0.2, 0.25) is 0 Å². The first-order valence-electron chi connectivity index (χ1n) is 7.38. The summed E-state index contributed by atoms with van der Waals surface area (Å²) >= 11 is 1.78. The van der Waals surface area contributed by atoms with Gasteiger partial charge in [-0.25, -0.2) is 0 Å². The average molecular weight is 291 g/mol. The molecule has 0 bridgehead atoms. The van der Waals surface area contributed by atoms with Crippen LogP contribution in [-0.4, -0.2) is 16.3 Å². The molecule has 0 spiro atoms. The van der Waals surface area contributed by atoms with E-state index in [1.165, 1.54) is 16.8 Å². The van der Waals surface area contributed by atoms with Gasteiger partial charge in [0.05, 0.1) is 5.69 Å². The maximum Gasteiger partial charge on any atom is 0.0644 e. The van der Waals surface area contributed by atoms with E-state index in [0.717, 1.165) is 31.5 Å². The molecule has 1 N–H and O–H groups in total. The highest BCUT2D eigenvalue weighted by Crippen LogP contribution is 2.25. The van der Waals surface area contributed by atoms with E-state index in [2.05, 4.69) is 48.0 Å². The van der Waals surface area contributed by atoms with Crippen molar-refractivity contribution in [3.8, 4) is 0 Å². The van der Waals surface area contributed by atoms with Crippen LogP contribution in [0.4, 0.5) is 0 Å². The van der Waals surface area contributed by atoms with Crippen LogP contribution < -0.4 is 5.32 Å². The number of aromatic nitrogens is 2. The zero-order valence-electron chi connectivity index (χ0n) is 12.9. The van der Waals surface area contributed by atoms with Crippen LogP contribution in [0.1, 0.15) is 48.3 Å². The monoisotopic (exact) mass is 291 g/mol. The molecule has 2 aromatic rings. The molecule has 0 aliphatic carbocycles. The van der Waals surface area contributed by atoms with E-state index in [1.807, 2.05) is 11.7 Å². The largest absolute Gasteiger partial charge is 0.310 e. The second-order valence-electron chi connectivity index (χ2n) is 5.39. The normalized spacial score (nSPS) is 12.8. The predicted molar refractivity (Wildman–Crippen MR) is 86.4 cm³/mol. The van der Waals surface area contributed by atoms with Crippen LogP contribution >= 0.6 is 11.3 Å². The van der Waals surface area contributed by atoms with Crippen LogP contribution in [0.3, 0.4) is 0 Å². The summed E-state index contributed by atoms with van der Waals surface area (Å²) in [4.78, 5) is 0. The standard InChI is InChI=1S/C16H25N3S/c1-5-9-17-15(7-6-14-8-10-20-11-14)16-12(2)18-19(4)13(16)3/h8,10-11,15,17H,5-7,9H2,1-4H3. The first-order valence-corrected chi connectivity index (χ1v) is 8.32. The fourth-order valence-corrected chi connectivity index (χ4v) is 3.41. The van der Waals surface area contributed by atoms with Gasteiger partial charge >= 0.3 is 0 Å². The van der Waals surface area contributed by atoms with Crippen molar-refractivity contribution in [2.45, 2.75) is 46.1 Å². The van der Waals surface area contributed by atoms with Crippen LogP contribution in [-0.2, 0) is 13.5 Å². The van der Waals surface area contributed by atoms with Crippen molar-refractivity contribution in [1.29, 1.82) is 0 Å². The van der Waals surface area contributed by atoms with Crippen molar-refractivity contribution >= 4 is 11.3 Å². The summed E-state index contributed by atoms with van der Waals surface area (Å²) in [6.45, 7) is 7.56. The summed E-state index contributed by atoms with van der Waals surface area (Å²) in [5.74, 6) is 0.